The molecule has 0 spiro atoms. The van der Waals surface area contributed by atoms with Gasteiger partial charge >= 0.3 is 5.97 Å². The molecule has 0 aliphatic carbocycles. The van der Waals surface area contributed by atoms with Gasteiger partial charge in [0.2, 0.25) is 0 Å². The fraction of sp³-hybridized carbons (Fsp3) is 0.304. The minimum atomic E-state index is -0.891. The number of benzene rings is 2. The fourth-order valence-corrected chi connectivity index (χ4v) is 3.73. The summed E-state index contributed by atoms with van der Waals surface area (Å²) < 4.78 is 5.50. The quantitative estimate of drug-likeness (QED) is 0.638. The molecule has 0 bridgehead atoms. The van der Waals surface area contributed by atoms with Crippen LogP contribution in [0.25, 0.3) is 11.0 Å². The Morgan fingerprint density at radius 3 is 2.52 bits per heavy atom. The number of nitrogens with zero attached hydrogens (tertiary/aromatic N) is 3. The van der Waals surface area contributed by atoms with Crippen LogP contribution in [-0.4, -0.2) is 34.0 Å². The van der Waals surface area contributed by atoms with Crippen molar-refractivity contribution in [1.82, 2.24) is 9.97 Å². The summed E-state index contributed by atoms with van der Waals surface area (Å²) in [6.07, 6.45) is -0.0948. The molecular weight excluding hydrogens is 366 g/mol. The summed E-state index contributed by atoms with van der Waals surface area (Å²) in [5.74, 6) is -0.768. The second kappa shape index (κ2) is 7.28. The van der Waals surface area contributed by atoms with Gasteiger partial charge in [0, 0.05) is 11.7 Å². The lowest BCUT2D eigenvalue weighted by Crippen LogP contribution is -2.43. The number of carbonyl (C=O) groups excluding carboxylic acids is 2. The number of fused-ring (bicyclic) bond motifs is 2. The van der Waals surface area contributed by atoms with Crippen molar-refractivity contribution in [3.8, 4) is 0 Å². The lowest BCUT2D eigenvalue weighted by Gasteiger charge is -2.26. The lowest BCUT2D eigenvalue weighted by atomic mass is 10.1. The lowest BCUT2D eigenvalue weighted by molar-refractivity contribution is -0.126. The number of aromatic nitrogens is 2. The van der Waals surface area contributed by atoms with Gasteiger partial charge in [0.25, 0.3) is 5.91 Å². The molecule has 4 rings (SSSR count). The molecule has 1 aliphatic heterocycles. The molecule has 148 valence electrons. The standard InChI is InChI=1S/C23H23N3O3/c1-13-11-17-7-5-6-8-21(17)26(13)22(27)16(4)29-23(28)18-9-10-19-20(12-18)25-15(3)14(2)24-19/h5-10,12-13,16H,11H2,1-4H3/t13-,16+/m1/s1. The Hall–Kier alpha value is -3.28. The summed E-state index contributed by atoms with van der Waals surface area (Å²) in [6.45, 7) is 7.39. The molecular formula is C23H23N3O3. The fourth-order valence-electron chi connectivity index (χ4n) is 3.73. The zero-order chi connectivity index (χ0) is 20.7. The molecule has 0 unspecified atom stereocenters. The summed E-state index contributed by atoms with van der Waals surface area (Å²) in [6, 6.07) is 12.9. The molecule has 29 heavy (non-hydrogen) atoms. The predicted octanol–water partition coefficient (Wildman–Crippen LogP) is 3.77. The van der Waals surface area contributed by atoms with Crippen LogP contribution in [0.1, 0.15) is 41.2 Å². The van der Waals surface area contributed by atoms with Crippen LogP contribution in [0, 0.1) is 13.8 Å². The van der Waals surface area contributed by atoms with E-state index in [9.17, 15) is 9.59 Å². The van der Waals surface area contributed by atoms with E-state index >= 15 is 0 Å². The molecule has 2 aromatic carbocycles. The van der Waals surface area contributed by atoms with Crippen LogP contribution in [-0.2, 0) is 16.0 Å². The van der Waals surface area contributed by atoms with E-state index in [0.29, 0.717) is 11.1 Å². The van der Waals surface area contributed by atoms with Crippen molar-refractivity contribution >= 4 is 28.6 Å². The first-order valence-electron chi connectivity index (χ1n) is 9.72. The van der Waals surface area contributed by atoms with Gasteiger partial charge in [-0.15, -0.1) is 0 Å². The van der Waals surface area contributed by atoms with Crippen LogP contribution in [0.5, 0.6) is 0 Å². The normalized spacial score (nSPS) is 16.6. The predicted molar refractivity (Wildman–Crippen MR) is 111 cm³/mol. The van der Waals surface area contributed by atoms with E-state index in [1.165, 1.54) is 0 Å². The molecule has 1 aromatic heterocycles. The van der Waals surface area contributed by atoms with Gasteiger partial charge in [-0.25, -0.2) is 14.8 Å². The molecule has 6 nitrogen and oxygen atoms in total. The Morgan fingerprint density at radius 1 is 1.07 bits per heavy atom. The van der Waals surface area contributed by atoms with Gasteiger partial charge in [0.05, 0.1) is 28.0 Å². The Balaban J connectivity index is 1.53. The number of aryl methyl sites for hydroxylation is 2. The summed E-state index contributed by atoms with van der Waals surface area (Å²) in [5.41, 5.74) is 5.38. The number of rotatable bonds is 3. The molecule has 0 fully saturated rings. The summed E-state index contributed by atoms with van der Waals surface area (Å²) >= 11 is 0. The number of hydrogen-bond donors (Lipinski definition) is 0. The maximum absolute atomic E-state index is 13.0. The minimum Gasteiger partial charge on any atom is -0.449 e. The second-order valence-corrected chi connectivity index (χ2v) is 7.54. The molecule has 1 amide bonds. The van der Waals surface area contributed by atoms with E-state index in [-0.39, 0.29) is 11.9 Å². The van der Waals surface area contributed by atoms with Gasteiger partial charge in [0.1, 0.15) is 0 Å². The molecule has 2 atom stereocenters. The maximum atomic E-state index is 13.0. The molecule has 0 saturated heterocycles. The monoisotopic (exact) mass is 389 g/mol. The Bertz CT molecular complexity index is 1130. The first kappa shape index (κ1) is 19.1. The van der Waals surface area contributed by atoms with E-state index in [4.69, 9.17) is 4.74 Å². The molecule has 2 heterocycles. The zero-order valence-electron chi connectivity index (χ0n) is 17.0. The van der Waals surface area contributed by atoms with Crippen LogP contribution in [0.2, 0.25) is 0 Å². The largest absolute Gasteiger partial charge is 0.449 e. The van der Waals surface area contributed by atoms with Crippen molar-refractivity contribution in [1.29, 1.82) is 0 Å². The topological polar surface area (TPSA) is 72.4 Å². The number of carbonyl (C=O) groups is 2. The third-order valence-electron chi connectivity index (χ3n) is 5.39. The summed E-state index contributed by atoms with van der Waals surface area (Å²) in [7, 11) is 0. The number of hydrogen-bond acceptors (Lipinski definition) is 5. The van der Waals surface area contributed by atoms with Crippen LogP contribution in [0.3, 0.4) is 0 Å². The van der Waals surface area contributed by atoms with Gasteiger partial charge in [-0.1, -0.05) is 18.2 Å². The van der Waals surface area contributed by atoms with Gasteiger partial charge in [-0.3, -0.25) is 4.79 Å². The second-order valence-electron chi connectivity index (χ2n) is 7.54. The highest BCUT2D eigenvalue weighted by Gasteiger charge is 2.34. The van der Waals surface area contributed by atoms with E-state index in [2.05, 4.69) is 9.97 Å². The van der Waals surface area contributed by atoms with Crippen LogP contribution in [0.4, 0.5) is 5.69 Å². The van der Waals surface area contributed by atoms with Crippen LogP contribution < -0.4 is 4.90 Å². The van der Waals surface area contributed by atoms with E-state index < -0.39 is 12.1 Å². The Morgan fingerprint density at radius 2 is 1.76 bits per heavy atom. The third-order valence-corrected chi connectivity index (χ3v) is 5.39. The first-order chi connectivity index (χ1) is 13.8. The van der Waals surface area contributed by atoms with E-state index in [1.54, 1.807) is 30.0 Å². The van der Waals surface area contributed by atoms with Crippen LogP contribution >= 0.6 is 0 Å². The summed E-state index contributed by atoms with van der Waals surface area (Å²) in [4.78, 5) is 36.3. The van der Waals surface area contributed by atoms with Crippen molar-refractivity contribution < 1.29 is 14.3 Å². The minimum absolute atomic E-state index is 0.0308. The number of esters is 1. The van der Waals surface area contributed by atoms with Crippen molar-refractivity contribution in [2.24, 2.45) is 0 Å². The van der Waals surface area contributed by atoms with Crippen molar-refractivity contribution in [2.45, 2.75) is 46.3 Å². The Labute approximate surface area is 169 Å². The zero-order valence-corrected chi connectivity index (χ0v) is 17.0. The molecule has 0 saturated carbocycles. The van der Waals surface area contributed by atoms with E-state index in [0.717, 1.165) is 34.6 Å². The first-order valence-corrected chi connectivity index (χ1v) is 9.72. The highest BCUT2D eigenvalue weighted by atomic mass is 16.5. The molecule has 1 aliphatic rings. The van der Waals surface area contributed by atoms with Gasteiger partial charge < -0.3 is 9.64 Å². The molecule has 0 radical (unpaired) electrons. The molecule has 6 heteroatoms. The highest BCUT2D eigenvalue weighted by Crippen LogP contribution is 2.32. The maximum Gasteiger partial charge on any atom is 0.338 e. The average Bonchev–Trinajstić information content (AvgIpc) is 3.03. The average molecular weight is 389 g/mol. The number of amides is 1. The van der Waals surface area contributed by atoms with Crippen LogP contribution in [0.15, 0.2) is 42.5 Å². The molecule has 3 aromatic rings. The molecule has 0 N–H and O–H groups in total. The van der Waals surface area contributed by atoms with Gasteiger partial charge in [-0.05, 0) is 63.9 Å². The highest BCUT2D eigenvalue weighted by molar-refractivity contribution is 6.01. The summed E-state index contributed by atoms with van der Waals surface area (Å²) in [5, 5.41) is 0. The third kappa shape index (κ3) is 3.46. The van der Waals surface area contributed by atoms with Gasteiger partial charge in [0.15, 0.2) is 6.10 Å². The Kier molecular flexibility index (Phi) is 4.78. The number of para-hydroxylation sites is 1. The SMILES string of the molecule is Cc1nc2ccc(C(=O)O[C@@H](C)C(=O)N3c4ccccc4C[C@H]3C)cc2nc1C. The number of ether oxygens (including phenoxy) is 1. The van der Waals surface area contributed by atoms with Gasteiger partial charge in [-0.2, -0.15) is 0 Å². The number of anilines is 1. The van der Waals surface area contributed by atoms with E-state index in [1.807, 2.05) is 45.0 Å². The van der Waals surface area contributed by atoms with Crippen molar-refractivity contribution in [3.63, 3.8) is 0 Å². The van der Waals surface area contributed by atoms with Crippen molar-refractivity contribution in [2.75, 3.05) is 4.90 Å². The smallest absolute Gasteiger partial charge is 0.338 e. The van der Waals surface area contributed by atoms with Crippen molar-refractivity contribution in [3.05, 3.63) is 65.0 Å².